The normalized spacial score (nSPS) is 21.6. The van der Waals surface area contributed by atoms with Crippen molar-refractivity contribution in [1.29, 1.82) is 0 Å². The number of piperidine rings is 1. The second-order valence-corrected chi connectivity index (χ2v) is 8.96. The highest BCUT2D eigenvalue weighted by molar-refractivity contribution is 6.02. The van der Waals surface area contributed by atoms with Gasteiger partial charge in [0.15, 0.2) is 0 Å². The number of nitrogens with one attached hydrogen (secondary N) is 3. The van der Waals surface area contributed by atoms with E-state index in [4.69, 9.17) is 5.73 Å². The Morgan fingerprint density at radius 1 is 1.16 bits per heavy atom. The summed E-state index contributed by atoms with van der Waals surface area (Å²) in [5, 5.41) is 8.32. The minimum Gasteiger partial charge on any atom is -0.368 e. The predicted molar refractivity (Wildman–Crippen MR) is 117 cm³/mol. The molecule has 4 rings (SSSR count). The van der Waals surface area contributed by atoms with Crippen molar-refractivity contribution in [3.63, 3.8) is 0 Å². The zero-order valence-electron chi connectivity index (χ0n) is 17.9. The van der Waals surface area contributed by atoms with Crippen molar-refractivity contribution in [3.05, 3.63) is 35.2 Å². The minimum absolute atomic E-state index is 0.123. The van der Waals surface area contributed by atoms with Crippen LogP contribution in [0.5, 0.6) is 0 Å². The maximum absolute atomic E-state index is 13.0. The van der Waals surface area contributed by atoms with Gasteiger partial charge >= 0.3 is 0 Å². The van der Waals surface area contributed by atoms with Gasteiger partial charge in [-0.3, -0.25) is 24.2 Å². The van der Waals surface area contributed by atoms with Gasteiger partial charge in [0.05, 0.1) is 0 Å². The summed E-state index contributed by atoms with van der Waals surface area (Å²) in [6, 6.07) is 0.148. The molecule has 3 aliphatic rings. The number of nitrogens with zero attached hydrogens (tertiary/aromatic N) is 1. The predicted octanol–water partition coefficient (Wildman–Crippen LogP) is 0.192. The third-order valence-electron chi connectivity index (χ3n) is 6.42. The van der Waals surface area contributed by atoms with Crippen LogP contribution < -0.4 is 21.7 Å². The molecule has 1 saturated carbocycles. The fraction of sp³-hybridized carbons (Fsp3) is 0.522. The number of carbonyl (C=O) groups excluding carboxylic acids is 4. The summed E-state index contributed by atoms with van der Waals surface area (Å²) in [4.78, 5) is 54.1. The molecule has 0 bridgehead atoms. The molecule has 9 heteroatoms. The highest BCUT2D eigenvalue weighted by atomic mass is 16.2. The Morgan fingerprint density at radius 3 is 2.66 bits per heavy atom. The lowest BCUT2D eigenvalue weighted by Gasteiger charge is -2.27. The van der Waals surface area contributed by atoms with Gasteiger partial charge in [0, 0.05) is 36.9 Å². The molecular formula is C23H29N5O4. The fourth-order valence-corrected chi connectivity index (χ4v) is 4.35. The van der Waals surface area contributed by atoms with Crippen molar-refractivity contribution < 1.29 is 19.2 Å². The Balaban J connectivity index is 1.40. The van der Waals surface area contributed by atoms with E-state index < -0.39 is 23.9 Å². The van der Waals surface area contributed by atoms with Crippen LogP contribution >= 0.6 is 0 Å². The smallest absolute Gasteiger partial charge is 0.248 e. The first-order valence-electron chi connectivity index (χ1n) is 11.2. The first kappa shape index (κ1) is 22.0. The van der Waals surface area contributed by atoms with E-state index in [2.05, 4.69) is 20.9 Å². The van der Waals surface area contributed by atoms with E-state index in [0.717, 1.165) is 30.4 Å². The van der Waals surface area contributed by atoms with Crippen LogP contribution in [0.3, 0.4) is 0 Å². The first-order chi connectivity index (χ1) is 15.4. The lowest BCUT2D eigenvalue weighted by Crippen LogP contribution is -2.54. The molecule has 1 saturated heterocycles. The maximum atomic E-state index is 13.0. The van der Waals surface area contributed by atoms with Crippen LogP contribution in [0.1, 0.15) is 49.7 Å². The van der Waals surface area contributed by atoms with E-state index >= 15 is 0 Å². The van der Waals surface area contributed by atoms with Gasteiger partial charge in [-0.2, -0.15) is 0 Å². The molecule has 1 aromatic rings. The average Bonchev–Trinajstić information content (AvgIpc) is 3.48. The van der Waals surface area contributed by atoms with Gasteiger partial charge in [-0.1, -0.05) is 12.8 Å². The number of aromatic nitrogens is 1. The zero-order valence-corrected chi connectivity index (χ0v) is 17.9. The summed E-state index contributed by atoms with van der Waals surface area (Å²) in [5.74, 6) is -1.54. The SMILES string of the molecule is NC(=O)[C@H](C[C@@H]1CCCNC1=O)NC(=O)[C@H](CC1CC1)NC(=O)C1=Cc2cnccc2C1. The molecule has 9 nitrogen and oxygen atoms in total. The Kier molecular flexibility index (Phi) is 6.53. The van der Waals surface area contributed by atoms with Crippen LogP contribution in [0.25, 0.3) is 6.08 Å². The first-order valence-corrected chi connectivity index (χ1v) is 11.2. The van der Waals surface area contributed by atoms with E-state index in [0.29, 0.717) is 37.3 Å². The molecule has 5 N–H and O–H groups in total. The molecule has 170 valence electrons. The van der Waals surface area contributed by atoms with Gasteiger partial charge in [0.2, 0.25) is 23.6 Å². The second-order valence-electron chi connectivity index (χ2n) is 8.96. The van der Waals surface area contributed by atoms with Crippen molar-refractivity contribution in [1.82, 2.24) is 20.9 Å². The second kappa shape index (κ2) is 9.50. The number of hydrogen-bond acceptors (Lipinski definition) is 5. The highest BCUT2D eigenvalue weighted by Crippen LogP contribution is 2.34. The number of carbonyl (C=O) groups is 4. The van der Waals surface area contributed by atoms with E-state index in [1.807, 2.05) is 6.07 Å². The van der Waals surface area contributed by atoms with Crippen LogP contribution in [0, 0.1) is 11.8 Å². The summed E-state index contributed by atoms with van der Waals surface area (Å²) in [7, 11) is 0. The summed E-state index contributed by atoms with van der Waals surface area (Å²) >= 11 is 0. The van der Waals surface area contributed by atoms with Crippen LogP contribution in [0.2, 0.25) is 0 Å². The Bertz CT molecular complexity index is 955. The molecular weight excluding hydrogens is 410 g/mol. The monoisotopic (exact) mass is 439 g/mol. The van der Waals surface area contributed by atoms with Crippen molar-refractivity contribution in [2.24, 2.45) is 17.6 Å². The fourth-order valence-electron chi connectivity index (χ4n) is 4.35. The van der Waals surface area contributed by atoms with Crippen LogP contribution in [-0.4, -0.2) is 47.2 Å². The summed E-state index contributed by atoms with van der Waals surface area (Å²) in [5.41, 5.74) is 8.02. The average molecular weight is 440 g/mol. The number of hydrogen-bond donors (Lipinski definition) is 4. The summed E-state index contributed by atoms with van der Waals surface area (Å²) < 4.78 is 0. The van der Waals surface area contributed by atoms with Gasteiger partial charge in [0.25, 0.3) is 0 Å². The lowest BCUT2D eigenvalue weighted by molar-refractivity contribution is -0.132. The van der Waals surface area contributed by atoms with E-state index in [1.165, 1.54) is 0 Å². The molecule has 1 aliphatic heterocycles. The topological polar surface area (TPSA) is 143 Å². The Labute approximate surface area is 186 Å². The molecule has 3 atom stereocenters. The molecule has 1 aromatic heterocycles. The number of nitrogens with two attached hydrogens (primary N) is 1. The van der Waals surface area contributed by atoms with Crippen molar-refractivity contribution in [2.45, 2.75) is 57.0 Å². The number of fused-ring (bicyclic) bond motifs is 1. The van der Waals surface area contributed by atoms with Gasteiger partial charge in [-0.25, -0.2) is 0 Å². The van der Waals surface area contributed by atoms with Crippen LogP contribution in [0.15, 0.2) is 24.0 Å². The van der Waals surface area contributed by atoms with Crippen LogP contribution in [0.4, 0.5) is 0 Å². The number of primary amides is 1. The molecule has 2 aliphatic carbocycles. The van der Waals surface area contributed by atoms with E-state index in [1.54, 1.807) is 18.5 Å². The third-order valence-corrected chi connectivity index (χ3v) is 6.42. The van der Waals surface area contributed by atoms with Crippen LogP contribution in [-0.2, 0) is 25.6 Å². The van der Waals surface area contributed by atoms with E-state index in [-0.39, 0.29) is 24.2 Å². The van der Waals surface area contributed by atoms with Gasteiger partial charge in [-0.15, -0.1) is 0 Å². The number of rotatable bonds is 9. The van der Waals surface area contributed by atoms with E-state index in [9.17, 15) is 19.2 Å². The standard InChI is InChI=1S/C23H29N5O4/c24-20(29)18(11-15-2-1-6-26-21(15)30)27-23(32)19(8-13-3-4-13)28-22(31)16-9-14-5-7-25-12-17(14)10-16/h5,7,10,12-13,15,18-19H,1-4,6,8-9,11H2,(H2,24,29)(H,26,30)(H,27,32)(H,28,31)/t15-,18-,19-/m0/s1. The molecule has 0 radical (unpaired) electrons. The summed E-state index contributed by atoms with van der Waals surface area (Å²) in [6.07, 6.45) is 9.84. The van der Waals surface area contributed by atoms with Gasteiger partial charge < -0.3 is 21.7 Å². The Hall–Kier alpha value is -3.23. The quantitative estimate of drug-likeness (QED) is 0.434. The lowest BCUT2D eigenvalue weighted by atomic mass is 9.91. The van der Waals surface area contributed by atoms with Crippen molar-refractivity contribution in [3.8, 4) is 0 Å². The molecule has 32 heavy (non-hydrogen) atoms. The largest absolute Gasteiger partial charge is 0.368 e. The molecule has 2 fully saturated rings. The zero-order chi connectivity index (χ0) is 22.7. The molecule has 0 spiro atoms. The van der Waals surface area contributed by atoms with Crippen molar-refractivity contribution in [2.75, 3.05) is 6.54 Å². The number of pyridine rings is 1. The maximum Gasteiger partial charge on any atom is 0.248 e. The molecule has 4 amide bonds. The van der Waals surface area contributed by atoms with Crippen molar-refractivity contribution >= 4 is 29.7 Å². The highest BCUT2D eigenvalue weighted by Gasteiger charge is 2.34. The van der Waals surface area contributed by atoms with Gasteiger partial charge in [-0.05, 0) is 54.9 Å². The molecule has 0 unspecified atom stereocenters. The molecule has 2 heterocycles. The minimum atomic E-state index is -0.962. The molecule has 0 aromatic carbocycles. The number of amides is 4. The summed E-state index contributed by atoms with van der Waals surface area (Å²) in [6.45, 7) is 0.619. The Morgan fingerprint density at radius 2 is 1.97 bits per heavy atom. The third kappa shape index (κ3) is 5.33. The van der Waals surface area contributed by atoms with Gasteiger partial charge in [0.1, 0.15) is 12.1 Å².